The second-order valence-corrected chi connectivity index (χ2v) is 2.00. The fourth-order valence-corrected chi connectivity index (χ4v) is 0.684. The highest BCUT2D eigenvalue weighted by atomic mass is 17.0. The highest BCUT2D eigenvalue weighted by molar-refractivity contribution is 4.38. The highest BCUT2D eigenvalue weighted by Gasteiger charge is 2.10. The van der Waals surface area contributed by atoms with Crippen molar-refractivity contribution in [3.8, 4) is 0 Å². The first-order valence-electron chi connectivity index (χ1n) is 3.63. The Morgan fingerprint density at radius 1 is 1.55 bits per heavy atom. The topological polar surface area (TPSA) is 61.6 Å². The predicted octanol–water partition coefficient (Wildman–Crippen LogP) is 1.36. The van der Waals surface area contributed by atoms with Gasteiger partial charge in [0.15, 0.2) is 0 Å². The van der Waals surface area contributed by atoms with Gasteiger partial charge in [-0.25, -0.2) is 0 Å². The second kappa shape index (κ2) is 5.91. The summed E-state index contributed by atoms with van der Waals surface area (Å²) in [6.45, 7) is 4.11. The summed E-state index contributed by atoms with van der Waals surface area (Å²) >= 11 is 0. The van der Waals surface area contributed by atoms with Gasteiger partial charge in [0.25, 0.3) is 5.09 Å². The van der Waals surface area contributed by atoms with Crippen LogP contribution in [0.5, 0.6) is 0 Å². The number of rotatable bonds is 6. The van der Waals surface area contributed by atoms with E-state index in [1.54, 1.807) is 6.92 Å². The molecule has 0 aliphatic heterocycles. The van der Waals surface area contributed by atoms with Crippen molar-refractivity contribution in [2.75, 3.05) is 6.61 Å². The van der Waals surface area contributed by atoms with Crippen molar-refractivity contribution in [2.24, 2.45) is 0 Å². The molecule has 0 rings (SSSR count). The Balaban J connectivity index is 3.59. The summed E-state index contributed by atoms with van der Waals surface area (Å²) < 4.78 is 4.93. The average molecular weight is 163 g/mol. The first-order chi connectivity index (χ1) is 5.20. The zero-order valence-electron chi connectivity index (χ0n) is 6.78. The van der Waals surface area contributed by atoms with Gasteiger partial charge < -0.3 is 4.74 Å². The van der Waals surface area contributed by atoms with E-state index in [4.69, 9.17) is 4.74 Å². The minimum absolute atomic E-state index is 0.429. The predicted molar refractivity (Wildman–Crippen MR) is 38.4 cm³/mol. The summed E-state index contributed by atoms with van der Waals surface area (Å²) in [5, 5.41) is 9.04. The third-order valence-corrected chi connectivity index (χ3v) is 1.08. The van der Waals surface area contributed by atoms with Crippen LogP contribution < -0.4 is 0 Å². The van der Waals surface area contributed by atoms with Crippen LogP contribution in [0.3, 0.4) is 0 Å². The van der Waals surface area contributed by atoms with Crippen molar-refractivity contribution in [3.63, 3.8) is 0 Å². The molecule has 0 amide bonds. The van der Waals surface area contributed by atoms with E-state index in [0.29, 0.717) is 13.0 Å². The molecule has 0 saturated carbocycles. The Hall–Kier alpha value is -0.840. The van der Waals surface area contributed by atoms with Gasteiger partial charge in [-0.2, -0.15) is 0 Å². The standard InChI is InChI=1S/C6H13NO4/c1-3-5-6(10-4-2)11-7(8)9/h6H,3-5H2,1-2H3. The molecule has 1 atom stereocenters. The van der Waals surface area contributed by atoms with Gasteiger partial charge in [-0.3, -0.25) is 4.84 Å². The van der Waals surface area contributed by atoms with Crippen LogP contribution in [0.4, 0.5) is 0 Å². The molecule has 0 fully saturated rings. The third kappa shape index (κ3) is 5.60. The van der Waals surface area contributed by atoms with Gasteiger partial charge in [-0.1, -0.05) is 13.3 Å². The molecule has 0 aromatic heterocycles. The van der Waals surface area contributed by atoms with Gasteiger partial charge in [0.05, 0.1) is 0 Å². The largest absolute Gasteiger partial charge is 0.353 e. The molecule has 0 spiro atoms. The molecule has 0 saturated heterocycles. The van der Waals surface area contributed by atoms with Crippen LogP contribution in [0, 0.1) is 10.1 Å². The summed E-state index contributed by atoms with van der Waals surface area (Å²) in [6, 6.07) is 0. The number of hydrogen-bond donors (Lipinski definition) is 0. The van der Waals surface area contributed by atoms with E-state index >= 15 is 0 Å². The Morgan fingerprint density at radius 3 is 2.55 bits per heavy atom. The molecule has 0 aromatic rings. The Bertz CT molecular complexity index is 111. The average Bonchev–Trinajstić information content (AvgIpc) is 1.87. The van der Waals surface area contributed by atoms with E-state index in [1.807, 2.05) is 6.92 Å². The molecule has 0 heterocycles. The molecule has 0 aliphatic rings. The fraction of sp³-hybridized carbons (Fsp3) is 1.00. The third-order valence-electron chi connectivity index (χ3n) is 1.08. The molecule has 0 N–H and O–H groups in total. The molecule has 66 valence electrons. The lowest BCUT2D eigenvalue weighted by Crippen LogP contribution is -2.20. The van der Waals surface area contributed by atoms with Crippen LogP contribution in [0.15, 0.2) is 0 Å². The van der Waals surface area contributed by atoms with Gasteiger partial charge in [0.2, 0.25) is 6.29 Å². The van der Waals surface area contributed by atoms with Gasteiger partial charge >= 0.3 is 0 Å². The lowest BCUT2D eigenvalue weighted by Gasteiger charge is -2.12. The minimum atomic E-state index is -0.823. The fourth-order valence-electron chi connectivity index (χ4n) is 0.684. The molecular weight excluding hydrogens is 150 g/mol. The zero-order chi connectivity index (χ0) is 8.69. The van der Waals surface area contributed by atoms with E-state index in [1.165, 1.54) is 0 Å². The first kappa shape index (κ1) is 10.2. The molecule has 5 heteroatoms. The molecular formula is C6H13NO4. The smallest absolute Gasteiger partial charge is 0.297 e. The molecule has 1 unspecified atom stereocenters. The van der Waals surface area contributed by atoms with Gasteiger partial charge in [-0.05, 0) is 13.3 Å². The zero-order valence-corrected chi connectivity index (χ0v) is 6.78. The maximum absolute atomic E-state index is 9.86. The molecule has 0 aliphatic carbocycles. The summed E-state index contributed by atoms with van der Waals surface area (Å²) in [5.41, 5.74) is 0. The molecule has 11 heavy (non-hydrogen) atoms. The summed E-state index contributed by atoms with van der Waals surface area (Å²) in [4.78, 5) is 14.1. The van der Waals surface area contributed by atoms with Crippen LogP contribution in [0.2, 0.25) is 0 Å². The maximum Gasteiger partial charge on any atom is 0.297 e. The first-order valence-corrected chi connectivity index (χ1v) is 3.63. The van der Waals surface area contributed by atoms with Crippen molar-refractivity contribution in [2.45, 2.75) is 33.0 Å². The molecule has 0 bridgehead atoms. The highest BCUT2D eigenvalue weighted by Crippen LogP contribution is 2.03. The number of nitrogens with zero attached hydrogens (tertiary/aromatic N) is 1. The summed E-state index contributed by atoms with van der Waals surface area (Å²) in [6.07, 6.45) is 0.660. The SMILES string of the molecule is CCCC(OCC)O[N+](=O)[O-]. The Morgan fingerprint density at radius 2 is 2.18 bits per heavy atom. The van der Waals surface area contributed by atoms with E-state index in [9.17, 15) is 10.1 Å². The van der Waals surface area contributed by atoms with E-state index in [0.717, 1.165) is 6.42 Å². The van der Waals surface area contributed by atoms with Gasteiger partial charge in [-0.15, -0.1) is 10.1 Å². The van der Waals surface area contributed by atoms with Gasteiger partial charge in [0, 0.05) is 6.61 Å². The molecule has 0 radical (unpaired) electrons. The summed E-state index contributed by atoms with van der Waals surface area (Å²) in [5.74, 6) is 0. The van der Waals surface area contributed by atoms with E-state index in [-0.39, 0.29) is 0 Å². The van der Waals surface area contributed by atoms with Crippen molar-refractivity contribution >= 4 is 0 Å². The lowest BCUT2D eigenvalue weighted by molar-refractivity contribution is -0.780. The monoisotopic (exact) mass is 163 g/mol. The number of hydrogen-bond acceptors (Lipinski definition) is 4. The van der Waals surface area contributed by atoms with Crippen molar-refractivity contribution in [1.29, 1.82) is 0 Å². The number of ether oxygens (including phenoxy) is 1. The van der Waals surface area contributed by atoms with Crippen molar-refractivity contribution in [1.82, 2.24) is 0 Å². The second-order valence-electron chi connectivity index (χ2n) is 2.00. The normalized spacial score (nSPS) is 12.5. The quantitative estimate of drug-likeness (QED) is 0.337. The lowest BCUT2D eigenvalue weighted by atomic mass is 10.3. The molecule has 0 aromatic carbocycles. The van der Waals surface area contributed by atoms with Crippen molar-refractivity contribution in [3.05, 3.63) is 10.1 Å². The van der Waals surface area contributed by atoms with Crippen LogP contribution >= 0.6 is 0 Å². The Kier molecular flexibility index (Phi) is 5.46. The van der Waals surface area contributed by atoms with Crippen LogP contribution in [0.1, 0.15) is 26.7 Å². The van der Waals surface area contributed by atoms with Gasteiger partial charge in [0.1, 0.15) is 0 Å². The summed E-state index contributed by atoms with van der Waals surface area (Å²) in [7, 11) is 0. The minimum Gasteiger partial charge on any atom is -0.353 e. The van der Waals surface area contributed by atoms with Crippen LogP contribution in [-0.2, 0) is 9.57 Å². The van der Waals surface area contributed by atoms with E-state index in [2.05, 4.69) is 4.84 Å². The van der Waals surface area contributed by atoms with E-state index < -0.39 is 11.4 Å². The maximum atomic E-state index is 9.86. The van der Waals surface area contributed by atoms with Crippen LogP contribution in [0.25, 0.3) is 0 Å². The van der Waals surface area contributed by atoms with Crippen molar-refractivity contribution < 1.29 is 14.7 Å². The Labute approximate surface area is 65.4 Å². The van der Waals surface area contributed by atoms with Crippen LogP contribution in [-0.4, -0.2) is 18.0 Å². The molecule has 5 nitrogen and oxygen atoms in total.